The Morgan fingerprint density at radius 2 is 1.72 bits per heavy atom. The number of rotatable bonds is 6. The highest BCUT2D eigenvalue weighted by Crippen LogP contribution is 2.26. The van der Waals surface area contributed by atoms with Gasteiger partial charge in [0, 0.05) is 11.6 Å². The molecular formula is C20H17N3O6. The molecule has 0 saturated carbocycles. The zero-order valence-electron chi connectivity index (χ0n) is 15.7. The van der Waals surface area contributed by atoms with Crippen molar-refractivity contribution in [3.05, 3.63) is 54.1 Å². The highest BCUT2D eigenvalue weighted by atomic mass is 16.5. The van der Waals surface area contributed by atoms with Crippen LogP contribution in [0.1, 0.15) is 17.3 Å². The van der Waals surface area contributed by atoms with Crippen LogP contribution in [-0.2, 0) is 14.4 Å². The van der Waals surface area contributed by atoms with Crippen molar-refractivity contribution in [2.75, 3.05) is 23.9 Å². The summed E-state index contributed by atoms with van der Waals surface area (Å²) in [6, 6.07) is 11.5. The van der Waals surface area contributed by atoms with Gasteiger partial charge in [-0.2, -0.15) is 0 Å². The second-order valence-corrected chi connectivity index (χ2v) is 6.17. The van der Waals surface area contributed by atoms with Gasteiger partial charge in [0.2, 0.25) is 5.91 Å². The van der Waals surface area contributed by atoms with Crippen molar-refractivity contribution < 1.29 is 28.7 Å². The lowest BCUT2D eigenvalue weighted by atomic mass is 10.1. The van der Waals surface area contributed by atoms with Crippen LogP contribution >= 0.6 is 0 Å². The van der Waals surface area contributed by atoms with Crippen LogP contribution in [0.4, 0.5) is 16.2 Å². The van der Waals surface area contributed by atoms with Crippen molar-refractivity contribution in [3.63, 3.8) is 0 Å². The van der Waals surface area contributed by atoms with Crippen LogP contribution in [0.25, 0.3) is 0 Å². The number of methoxy groups -OCH3 is 1. The number of ketones is 1. The van der Waals surface area contributed by atoms with Gasteiger partial charge >= 0.3 is 17.8 Å². The largest absolute Gasteiger partial charge is 0.497 e. The van der Waals surface area contributed by atoms with Crippen LogP contribution in [-0.4, -0.2) is 48.1 Å². The van der Waals surface area contributed by atoms with E-state index in [4.69, 9.17) is 4.74 Å². The number of carbonyl (C=O) groups excluding carboxylic acids is 5. The third-order valence-corrected chi connectivity index (χ3v) is 4.25. The summed E-state index contributed by atoms with van der Waals surface area (Å²) in [5.74, 6) is -2.77. The molecule has 0 radical (unpaired) electrons. The second kappa shape index (κ2) is 7.93. The minimum atomic E-state index is -1.12. The fourth-order valence-electron chi connectivity index (χ4n) is 2.85. The number of hydrogen-bond donors (Lipinski definition) is 1. The molecule has 9 nitrogen and oxygen atoms in total. The molecule has 0 spiro atoms. The summed E-state index contributed by atoms with van der Waals surface area (Å²) in [6.07, 6.45) is 0. The van der Waals surface area contributed by atoms with E-state index in [1.165, 1.54) is 38.3 Å². The SMILES string of the molecule is COc1cccc(N2C(=O)C(=O)N(CC(=O)Nc3ccccc3C(C)=O)C2=O)c1. The quantitative estimate of drug-likeness (QED) is 0.454. The van der Waals surface area contributed by atoms with Gasteiger partial charge in [-0.1, -0.05) is 18.2 Å². The van der Waals surface area contributed by atoms with Crippen molar-refractivity contribution in [2.24, 2.45) is 0 Å². The lowest BCUT2D eigenvalue weighted by Crippen LogP contribution is -2.39. The van der Waals surface area contributed by atoms with Gasteiger partial charge in [-0.15, -0.1) is 0 Å². The third-order valence-electron chi connectivity index (χ3n) is 4.25. The monoisotopic (exact) mass is 395 g/mol. The predicted octanol–water partition coefficient (Wildman–Crippen LogP) is 1.83. The summed E-state index contributed by atoms with van der Waals surface area (Å²) in [7, 11) is 1.42. The summed E-state index contributed by atoms with van der Waals surface area (Å²) < 4.78 is 5.06. The summed E-state index contributed by atoms with van der Waals surface area (Å²) in [5, 5.41) is 2.49. The molecule has 0 bridgehead atoms. The summed E-state index contributed by atoms with van der Waals surface area (Å²) in [5.41, 5.74) is 0.687. The number of carbonyl (C=O) groups is 5. The molecule has 29 heavy (non-hydrogen) atoms. The van der Waals surface area contributed by atoms with E-state index in [2.05, 4.69) is 5.32 Å². The number of hydrogen-bond acceptors (Lipinski definition) is 6. The van der Waals surface area contributed by atoms with E-state index in [-0.39, 0.29) is 22.7 Å². The molecule has 0 aromatic heterocycles. The van der Waals surface area contributed by atoms with Gasteiger partial charge in [0.05, 0.1) is 18.5 Å². The van der Waals surface area contributed by atoms with Crippen LogP contribution in [0.5, 0.6) is 5.75 Å². The molecule has 0 unspecified atom stereocenters. The normalized spacial score (nSPS) is 13.7. The molecule has 1 fully saturated rings. The van der Waals surface area contributed by atoms with Crippen LogP contribution < -0.4 is 15.0 Å². The molecule has 1 saturated heterocycles. The Kier molecular flexibility index (Phi) is 5.40. The van der Waals surface area contributed by atoms with E-state index in [0.717, 1.165) is 0 Å². The van der Waals surface area contributed by atoms with Crippen molar-refractivity contribution in [3.8, 4) is 5.75 Å². The molecule has 5 amide bonds. The van der Waals surface area contributed by atoms with Crippen molar-refractivity contribution in [1.29, 1.82) is 0 Å². The van der Waals surface area contributed by atoms with E-state index in [1.807, 2.05) is 0 Å². The number of benzene rings is 2. The molecule has 1 heterocycles. The van der Waals surface area contributed by atoms with Gasteiger partial charge in [-0.25, -0.2) is 14.6 Å². The third kappa shape index (κ3) is 3.84. The topological polar surface area (TPSA) is 113 Å². The summed E-state index contributed by atoms with van der Waals surface area (Å²) >= 11 is 0. The summed E-state index contributed by atoms with van der Waals surface area (Å²) in [4.78, 5) is 62.5. The molecule has 2 aromatic carbocycles. The molecule has 2 aromatic rings. The Labute approximate surface area is 165 Å². The lowest BCUT2D eigenvalue weighted by molar-refractivity contribution is -0.140. The van der Waals surface area contributed by atoms with Gasteiger partial charge in [0.25, 0.3) is 0 Å². The van der Waals surface area contributed by atoms with Crippen LogP contribution in [0.3, 0.4) is 0 Å². The Balaban J connectivity index is 1.78. The van der Waals surface area contributed by atoms with E-state index in [0.29, 0.717) is 15.5 Å². The first kappa shape index (κ1) is 19.7. The number of anilines is 2. The zero-order valence-corrected chi connectivity index (χ0v) is 15.7. The molecular weight excluding hydrogens is 378 g/mol. The highest BCUT2D eigenvalue weighted by Gasteiger charge is 2.46. The van der Waals surface area contributed by atoms with Crippen LogP contribution in [0, 0.1) is 0 Å². The number of urea groups is 1. The Bertz CT molecular complexity index is 1030. The predicted molar refractivity (Wildman–Crippen MR) is 103 cm³/mol. The maximum atomic E-state index is 12.6. The minimum absolute atomic E-state index is 0.150. The Hall–Kier alpha value is -4.01. The first-order valence-electron chi connectivity index (χ1n) is 8.57. The van der Waals surface area contributed by atoms with Crippen molar-refractivity contribution in [2.45, 2.75) is 6.92 Å². The first-order valence-corrected chi connectivity index (χ1v) is 8.57. The van der Waals surface area contributed by atoms with Crippen LogP contribution in [0.2, 0.25) is 0 Å². The minimum Gasteiger partial charge on any atom is -0.497 e. The maximum Gasteiger partial charge on any atom is 0.339 e. The smallest absolute Gasteiger partial charge is 0.339 e. The molecule has 1 N–H and O–H groups in total. The Morgan fingerprint density at radius 3 is 2.41 bits per heavy atom. The van der Waals surface area contributed by atoms with Gasteiger partial charge in [0.1, 0.15) is 12.3 Å². The maximum absolute atomic E-state index is 12.6. The fraction of sp³-hybridized carbons (Fsp3) is 0.150. The molecule has 1 aliphatic heterocycles. The van der Waals surface area contributed by atoms with Crippen molar-refractivity contribution >= 4 is 40.9 Å². The standard InChI is InChI=1S/C20H17N3O6/c1-12(24)15-8-3-4-9-16(15)21-17(25)11-22-18(26)19(27)23(20(22)28)13-6-5-7-14(10-13)29-2/h3-10H,11H2,1-2H3,(H,21,25). The molecule has 9 heteroatoms. The highest BCUT2D eigenvalue weighted by molar-refractivity contribution is 6.53. The van der Waals surface area contributed by atoms with E-state index in [1.54, 1.807) is 24.3 Å². The average Bonchev–Trinajstić information content (AvgIpc) is 2.91. The molecule has 1 aliphatic rings. The number of nitrogens with one attached hydrogen (secondary N) is 1. The van der Waals surface area contributed by atoms with E-state index in [9.17, 15) is 24.0 Å². The van der Waals surface area contributed by atoms with E-state index < -0.39 is 30.3 Å². The average molecular weight is 395 g/mol. The molecule has 148 valence electrons. The molecule has 0 aliphatic carbocycles. The number of nitrogens with zero attached hydrogens (tertiary/aromatic N) is 2. The first-order chi connectivity index (χ1) is 13.8. The lowest BCUT2D eigenvalue weighted by Gasteiger charge is -2.16. The van der Waals surface area contributed by atoms with Gasteiger partial charge in [0.15, 0.2) is 5.78 Å². The van der Waals surface area contributed by atoms with E-state index >= 15 is 0 Å². The van der Waals surface area contributed by atoms with Crippen LogP contribution in [0.15, 0.2) is 48.5 Å². The molecule has 0 atom stereocenters. The fourth-order valence-corrected chi connectivity index (χ4v) is 2.85. The van der Waals surface area contributed by atoms with Gasteiger partial charge < -0.3 is 10.1 Å². The van der Waals surface area contributed by atoms with Gasteiger partial charge in [-0.3, -0.25) is 19.2 Å². The number of para-hydroxylation sites is 1. The number of ether oxygens (including phenoxy) is 1. The van der Waals surface area contributed by atoms with Gasteiger partial charge in [-0.05, 0) is 31.2 Å². The van der Waals surface area contributed by atoms with Crippen molar-refractivity contribution in [1.82, 2.24) is 4.90 Å². The number of imide groups is 2. The molecule has 3 rings (SSSR count). The summed E-state index contributed by atoms with van der Waals surface area (Å²) in [6.45, 7) is 0.680. The Morgan fingerprint density at radius 1 is 1.00 bits per heavy atom. The number of amides is 5. The second-order valence-electron chi connectivity index (χ2n) is 6.17. The number of Topliss-reactive ketones (excluding diaryl/α,β-unsaturated/α-hetero) is 1. The zero-order chi connectivity index (χ0) is 21.1.